The highest BCUT2D eigenvalue weighted by molar-refractivity contribution is 5.80. The topological polar surface area (TPSA) is 32.3 Å². The highest BCUT2D eigenvalue weighted by Gasteiger charge is 2.48. The van der Waals surface area contributed by atoms with Crippen molar-refractivity contribution in [3.8, 4) is 0 Å². The smallest absolute Gasteiger partial charge is 0.249 e. The third-order valence-corrected chi connectivity index (χ3v) is 3.20. The van der Waals surface area contributed by atoms with Crippen LogP contribution < -0.4 is 5.32 Å². The largest absolute Gasteiger partial charge is 0.352 e. The van der Waals surface area contributed by atoms with E-state index in [1.165, 1.54) is 0 Å². The van der Waals surface area contributed by atoms with Gasteiger partial charge in [0.25, 0.3) is 0 Å². The van der Waals surface area contributed by atoms with Crippen LogP contribution in [0, 0.1) is 5.92 Å². The van der Waals surface area contributed by atoms with Gasteiger partial charge < -0.3 is 10.2 Å². The van der Waals surface area contributed by atoms with Crippen LogP contribution in [0.3, 0.4) is 0 Å². The monoisotopic (exact) mass is 264 g/mol. The Kier molecular flexibility index (Phi) is 6.74. The summed E-state index contributed by atoms with van der Waals surface area (Å²) in [5, 5.41) is 2.84. The predicted molar refractivity (Wildman–Crippen MR) is 69.8 cm³/mol. The molecular formula is C13H26F2N2O. The van der Waals surface area contributed by atoms with E-state index >= 15 is 0 Å². The number of hydrogen-bond donors (Lipinski definition) is 1. The number of amides is 1. The molecule has 2 rings (SSSR count). The number of halogens is 2. The number of rotatable bonds is 2. The first-order valence-corrected chi connectivity index (χ1v) is 6.33. The molecule has 0 aromatic heterocycles. The molecule has 0 spiro atoms. The molecule has 0 radical (unpaired) electrons. The minimum atomic E-state index is -2.60. The second-order valence-electron chi connectivity index (χ2n) is 4.72. The summed E-state index contributed by atoms with van der Waals surface area (Å²) >= 11 is 0. The van der Waals surface area contributed by atoms with Gasteiger partial charge in [-0.15, -0.1) is 0 Å². The SMILES string of the molecule is C.CC.CN1CCC(NC(=O)C2CC(F)(F)C2)C1. The van der Waals surface area contributed by atoms with E-state index in [9.17, 15) is 13.6 Å². The Balaban J connectivity index is 0.000000917. The van der Waals surface area contributed by atoms with Crippen molar-refractivity contribution in [1.82, 2.24) is 10.2 Å². The number of hydrogen-bond acceptors (Lipinski definition) is 2. The third kappa shape index (κ3) is 4.52. The summed E-state index contributed by atoms with van der Waals surface area (Å²) in [6.45, 7) is 5.79. The number of nitrogens with one attached hydrogen (secondary N) is 1. The first kappa shape index (κ1) is 17.3. The summed E-state index contributed by atoms with van der Waals surface area (Å²) in [4.78, 5) is 13.6. The molecule has 0 bridgehead atoms. The quantitative estimate of drug-likeness (QED) is 0.831. The van der Waals surface area contributed by atoms with Crippen molar-refractivity contribution in [3.05, 3.63) is 0 Å². The van der Waals surface area contributed by atoms with E-state index in [2.05, 4.69) is 10.2 Å². The Bertz CT molecular complexity index is 264. The van der Waals surface area contributed by atoms with Gasteiger partial charge in [-0.2, -0.15) is 0 Å². The molecule has 1 aliphatic heterocycles. The zero-order valence-corrected chi connectivity index (χ0v) is 10.8. The fourth-order valence-corrected chi connectivity index (χ4v) is 2.22. The molecular weight excluding hydrogens is 238 g/mol. The minimum Gasteiger partial charge on any atom is -0.352 e. The standard InChI is InChI=1S/C10H16F2N2O.C2H6.CH4/c1-14-3-2-8(6-14)13-9(15)7-4-10(11,12)5-7;1-2;/h7-8H,2-6H2,1H3,(H,13,15);1-2H3;1H4. The van der Waals surface area contributed by atoms with E-state index in [1.54, 1.807) is 0 Å². The molecule has 1 saturated carbocycles. The van der Waals surface area contributed by atoms with E-state index in [0.29, 0.717) is 0 Å². The number of nitrogens with zero attached hydrogens (tertiary/aromatic N) is 1. The van der Waals surface area contributed by atoms with Gasteiger partial charge in [0.05, 0.1) is 0 Å². The normalized spacial score (nSPS) is 26.4. The molecule has 2 aliphatic rings. The second kappa shape index (κ2) is 7.02. The molecule has 18 heavy (non-hydrogen) atoms. The van der Waals surface area contributed by atoms with E-state index in [1.807, 2.05) is 20.9 Å². The predicted octanol–water partition coefficient (Wildman–Crippen LogP) is 2.51. The molecule has 2 fully saturated rings. The molecule has 0 aromatic carbocycles. The summed E-state index contributed by atoms with van der Waals surface area (Å²) < 4.78 is 25.1. The van der Waals surface area contributed by atoms with E-state index < -0.39 is 11.8 Å². The highest BCUT2D eigenvalue weighted by atomic mass is 19.3. The molecule has 1 N–H and O–H groups in total. The van der Waals surface area contributed by atoms with E-state index in [-0.39, 0.29) is 32.2 Å². The maximum atomic E-state index is 12.5. The number of likely N-dealkylation sites (N-methyl/N-ethyl adjacent to an activating group) is 1. The van der Waals surface area contributed by atoms with Gasteiger partial charge in [-0.1, -0.05) is 21.3 Å². The van der Waals surface area contributed by atoms with Gasteiger partial charge in [0.1, 0.15) is 0 Å². The van der Waals surface area contributed by atoms with Crippen molar-refractivity contribution in [3.63, 3.8) is 0 Å². The van der Waals surface area contributed by atoms with Crippen molar-refractivity contribution in [2.24, 2.45) is 5.92 Å². The highest BCUT2D eigenvalue weighted by Crippen LogP contribution is 2.42. The molecule has 1 atom stereocenters. The summed E-state index contributed by atoms with van der Waals surface area (Å²) in [5.74, 6) is -3.26. The molecule has 5 heteroatoms. The van der Waals surface area contributed by atoms with Crippen LogP contribution in [0.15, 0.2) is 0 Å². The number of likely N-dealkylation sites (tertiary alicyclic amines) is 1. The maximum absolute atomic E-state index is 12.5. The first-order valence-electron chi connectivity index (χ1n) is 6.33. The fraction of sp³-hybridized carbons (Fsp3) is 0.923. The Labute approximate surface area is 109 Å². The number of carbonyl (C=O) groups excluding carboxylic acids is 1. The molecule has 108 valence electrons. The van der Waals surface area contributed by atoms with Crippen LogP contribution in [0.25, 0.3) is 0 Å². The van der Waals surface area contributed by atoms with Gasteiger partial charge in [0, 0.05) is 31.3 Å². The fourth-order valence-electron chi connectivity index (χ4n) is 2.22. The number of alkyl halides is 2. The average molecular weight is 264 g/mol. The lowest BCUT2D eigenvalue weighted by Gasteiger charge is -2.34. The molecule has 1 saturated heterocycles. The Morgan fingerprint density at radius 2 is 1.89 bits per heavy atom. The minimum absolute atomic E-state index is 0. The van der Waals surface area contributed by atoms with Gasteiger partial charge >= 0.3 is 0 Å². The van der Waals surface area contributed by atoms with Gasteiger partial charge in [0.2, 0.25) is 11.8 Å². The first-order chi connectivity index (χ1) is 7.96. The van der Waals surface area contributed by atoms with E-state index in [4.69, 9.17) is 0 Å². The maximum Gasteiger partial charge on any atom is 0.249 e. The molecule has 0 aromatic rings. The van der Waals surface area contributed by atoms with Gasteiger partial charge in [-0.25, -0.2) is 8.78 Å². The summed E-state index contributed by atoms with van der Waals surface area (Å²) in [6, 6.07) is 0.150. The number of carbonyl (C=O) groups is 1. The van der Waals surface area contributed by atoms with Gasteiger partial charge in [-0.3, -0.25) is 4.79 Å². The van der Waals surface area contributed by atoms with E-state index in [0.717, 1.165) is 19.5 Å². The summed E-state index contributed by atoms with van der Waals surface area (Å²) in [5.41, 5.74) is 0. The second-order valence-corrected chi connectivity index (χ2v) is 4.72. The molecule has 1 heterocycles. The van der Waals surface area contributed by atoms with Crippen LogP contribution in [-0.2, 0) is 4.79 Å². The van der Waals surface area contributed by atoms with Crippen LogP contribution in [0.4, 0.5) is 8.78 Å². The molecule has 1 amide bonds. The lowest BCUT2D eigenvalue weighted by molar-refractivity contribution is -0.150. The van der Waals surface area contributed by atoms with Crippen molar-refractivity contribution in [2.75, 3.05) is 20.1 Å². The Morgan fingerprint density at radius 1 is 1.33 bits per heavy atom. The third-order valence-electron chi connectivity index (χ3n) is 3.20. The Morgan fingerprint density at radius 3 is 2.28 bits per heavy atom. The van der Waals surface area contributed by atoms with Crippen LogP contribution in [0.2, 0.25) is 0 Å². The summed E-state index contributed by atoms with van der Waals surface area (Å²) in [7, 11) is 1.99. The molecule has 1 aliphatic carbocycles. The average Bonchev–Trinajstić information content (AvgIpc) is 2.63. The van der Waals surface area contributed by atoms with Gasteiger partial charge in [-0.05, 0) is 20.0 Å². The van der Waals surface area contributed by atoms with Crippen LogP contribution in [0.5, 0.6) is 0 Å². The zero-order chi connectivity index (χ0) is 13.1. The lowest BCUT2D eigenvalue weighted by Crippen LogP contribution is -2.48. The van der Waals surface area contributed by atoms with Crippen molar-refractivity contribution >= 4 is 5.91 Å². The lowest BCUT2D eigenvalue weighted by atomic mass is 9.80. The summed E-state index contributed by atoms with van der Waals surface area (Å²) in [6.07, 6.45) is 0.369. The Hall–Kier alpha value is -0.710. The van der Waals surface area contributed by atoms with Crippen LogP contribution in [0.1, 0.15) is 40.5 Å². The van der Waals surface area contributed by atoms with Crippen LogP contribution in [-0.4, -0.2) is 42.9 Å². The zero-order valence-electron chi connectivity index (χ0n) is 10.8. The van der Waals surface area contributed by atoms with Crippen molar-refractivity contribution in [2.45, 2.75) is 52.5 Å². The molecule has 3 nitrogen and oxygen atoms in total. The molecule has 1 unspecified atom stereocenters. The van der Waals surface area contributed by atoms with Crippen molar-refractivity contribution < 1.29 is 13.6 Å². The van der Waals surface area contributed by atoms with Gasteiger partial charge in [0.15, 0.2) is 0 Å². The van der Waals surface area contributed by atoms with Crippen LogP contribution >= 0.6 is 0 Å². The van der Waals surface area contributed by atoms with Crippen molar-refractivity contribution in [1.29, 1.82) is 0 Å².